The fraction of sp³-hybridized carbons (Fsp3) is 0.320. The lowest BCUT2D eigenvalue weighted by Gasteiger charge is -2.13. The minimum Gasteiger partial charge on any atom is -0.506 e. The van der Waals surface area contributed by atoms with E-state index in [0.717, 1.165) is 27.4 Å². The number of fused-ring (bicyclic) bond motifs is 2. The highest BCUT2D eigenvalue weighted by Crippen LogP contribution is 2.25. The molecule has 2 N–H and O–H groups in total. The minimum absolute atomic E-state index is 0.0319. The van der Waals surface area contributed by atoms with Gasteiger partial charge >= 0.3 is 5.97 Å². The number of aromatic nitrogens is 3. The predicted molar refractivity (Wildman–Crippen MR) is 127 cm³/mol. The fourth-order valence-electron chi connectivity index (χ4n) is 3.52. The third-order valence-corrected chi connectivity index (χ3v) is 5.47. The number of phenolic OH excluding ortho intramolecular Hbond substituents is 1. The van der Waals surface area contributed by atoms with Crippen molar-refractivity contribution in [3.05, 3.63) is 60.2 Å². The number of aromatic hydroxyl groups is 1. The zero-order chi connectivity index (χ0) is 23.1. The van der Waals surface area contributed by atoms with E-state index in [1.54, 1.807) is 12.1 Å². The van der Waals surface area contributed by atoms with Crippen molar-refractivity contribution in [1.82, 2.24) is 19.9 Å². The lowest BCUT2D eigenvalue weighted by atomic mass is 10.1. The molecule has 0 bridgehead atoms. The summed E-state index contributed by atoms with van der Waals surface area (Å²) in [7, 11) is 0. The van der Waals surface area contributed by atoms with Gasteiger partial charge in [0.15, 0.2) is 0 Å². The second-order valence-electron chi connectivity index (χ2n) is 7.51. The number of aryl methyl sites for hydroxylation is 1. The maximum absolute atomic E-state index is 10.7. The third-order valence-electron chi connectivity index (χ3n) is 5.47. The Kier molecular flexibility index (Phi) is 7.78. The first kappa shape index (κ1) is 23.2. The Morgan fingerprint density at radius 1 is 0.906 bits per heavy atom. The number of hydrogen-bond acceptors (Lipinski definition) is 5. The smallest absolute Gasteiger partial charge is 0.303 e. The molecular formula is C25H30N4O3. The van der Waals surface area contributed by atoms with Crippen LogP contribution in [0, 0.1) is 0 Å². The molecule has 0 saturated carbocycles. The van der Waals surface area contributed by atoms with Crippen LogP contribution in [0.25, 0.3) is 27.5 Å². The zero-order valence-electron chi connectivity index (χ0n) is 18.8. The van der Waals surface area contributed by atoms with Crippen LogP contribution in [0.15, 0.2) is 54.6 Å². The first-order valence-corrected chi connectivity index (χ1v) is 11.0. The molecule has 0 fully saturated rings. The molecule has 7 nitrogen and oxygen atoms in total. The molecule has 4 aromatic rings. The van der Waals surface area contributed by atoms with Gasteiger partial charge in [0.25, 0.3) is 0 Å². The van der Waals surface area contributed by atoms with E-state index in [1.165, 1.54) is 30.5 Å². The lowest BCUT2D eigenvalue weighted by Crippen LogP contribution is -2.21. The molecule has 0 aliphatic carbocycles. The Labute approximate surface area is 187 Å². The Morgan fingerprint density at radius 3 is 1.94 bits per heavy atom. The highest BCUT2D eigenvalue weighted by Gasteiger charge is 2.11. The molecule has 0 amide bonds. The summed E-state index contributed by atoms with van der Waals surface area (Å²) < 4.78 is 0. The van der Waals surface area contributed by atoms with Gasteiger partial charge in [0.05, 0.1) is 0 Å². The van der Waals surface area contributed by atoms with E-state index in [1.807, 2.05) is 36.4 Å². The van der Waals surface area contributed by atoms with Crippen molar-refractivity contribution < 1.29 is 15.0 Å². The average Bonchev–Trinajstić information content (AvgIpc) is 3.21. The molecule has 0 spiro atoms. The monoisotopic (exact) mass is 434 g/mol. The Morgan fingerprint density at radius 2 is 1.47 bits per heavy atom. The molecule has 1 heterocycles. The van der Waals surface area contributed by atoms with E-state index in [2.05, 4.69) is 35.9 Å². The summed E-state index contributed by atoms with van der Waals surface area (Å²) in [6.45, 7) is 10.1. The number of hydrogen-bond donors (Lipinski definition) is 2. The van der Waals surface area contributed by atoms with Crippen molar-refractivity contribution >= 4 is 27.8 Å². The molecule has 0 unspecified atom stereocenters. The van der Waals surface area contributed by atoms with Gasteiger partial charge in [-0.25, -0.2) is 0 Å². The van der Waals surface area contributed by atoms with Crippen LogP contribution < -0.4 is 0 Å². The molecule has 0 atom stereocenters. The van der Waals surface area contributed by atoms with Crippen molar-refractivity contribution in [2.24, 2.45) is 0 Å². The summed E-state index contributed by atoms with van der Waals surface area (Å²) in [5.74, 6) is -0.812. The van der Waals surface area contributed by atoms with Crippen molar-refractivity contribution in [3.63, 3.8) is 0 Å². The number of aliphatic carboxylic acids is 1. The third kappa shape index (κ3) is 5.62. The van der Waals surface area contributed by atoms with Crippen molar-refractivity contribution in [2.75, 3.05) is 19.6 Å². The van der Waals surface area contributed by atoms with Gasteiger partial charge in [-0.3, -0.25) is 4.79 Å². The molecular weight excluding hydrogens is 404 g/mol. The molecule has 7 heteroatoms. The standard InChI is InChI=1S/C19H15N3O3.C6H15N/c23-18-7-5-12(6-8-19(24)25)9-17(18)22-20-15-10-13-3-1-2-4-14(13)11-16(15)21-22;1-4-7(5-2)6-3/h1-5,7,9-11,23H,6,8H2,(H,24,25);4-6H2,1-3H3. The normalized spacial score (nSPS) is 11.0. The van der Waals surface area contributed by atoms with Gasteiger partial charge in [0.1, 0.15) is 22.5 Å². The molecule has 3 aromatic carbocycles. The number of carboxylic acids is 1. The van der Waals surface area contributed by atoms with E-state index >= 15 is 0 Å². The second kappa shape index (κ2) is 10.7. The van der Waals surface area contributed by atoms with E-state index in [0.29, 0.717) is 12.1 Å². The van der Waals surface area contributed by atoms with Crippen LogP contribution in [0.3, 0.4) is 0 Å². The Bertz CT molecular complexity index is 1140. The Hall–Kier alpha value is -3.45. The number of benzene rings is 3. The first-order chi connectivity index (χ1) is 15.4. The van der Waals surface area contributed by atoms with E-state index in [9.17, 15) is 9.90 Å². The maximum Gasteiger partial charge on any atom is 0.303 e. The van der Waals surface area contributed by atoms with Crippen LogP contribution in [0.2, 0.25) is 0 Å². The van der Waals surface area contributed by atoms with Crippen molar-refractivity contribution in [3.8, 4) is 11.4 Å². The summed E-state index contributed by atoms with van der Waals surface area (Å²) >= 11 is 0. The minimum atomic E-state index is -0.857. The highest BCUT2D eigenvalue weighted by atomic mass is 16.4. The van der Waals surface area contributed by atoms with Crippen LogP contribution >= 0.6 is 0 Å². The van der Waals surface area contributed by atoms with Crippen molar-refractivity contribution in [2.45, 2.75) is 33.6 Å². The van der Waals surface area contributed by atoms with Gasteiger partial charge in [-0.1, -0.05) is 51.1 Å². The van der Waals surface area contributed by atoms with E-state index < -0.39 is 5.97 Å². The number of nitrogens with zero attached hydrogens (tertiary/aromatic N) is 4. The molecule has 32 heavy (non-hydrogen) atoms. The molecule has 0 radical (unpaired) electrons. The van der Waals surface area contributed by atoms with Crippen molar-refractivity contribution in [1.29, 1.82) is 0 Å². The molecule has 4 rings (SSSR count). The first-order valence-electron chi connectivity index (χ1n) is 11.0. The van der Waals surface area contributed by atoms with E-state index in [-0.39, 0.29) is 12.2 Å². The van der Waals surface area contributed by atoms with Crippen LogP contribution in [0.4, 0.5) is 0 Å². The van der Waals surface area contributed by atoms with Gasteiger partial charge in [-0.2, -0.15) is 0 Å². The zero-order valence-corrected chi connectivity index (χ0v) is 18.8. The van der Waals surface area contributed by atoms with Crippen LogP contribution in [0.5, 0.6) is 5.75 Å². The molecule has 168 valence electrons. The van der Waals surface area contributed by atoms with Gasteiger partial charge in [0, 0.05) is 6.42 Å². The number of phenols is 1. The maximum atomic E-state index is 10.7. The fourth-order valence-corrected chi connectivity index (χ4v) is 3.52. The molecule has 0 saturated heterocycles. The summed E-state index contributed by atoms with van der Waals surface area (Å²) in [6, 6.07) is 16.8. The number of carbonyl (C=O) groups is 1. The van der Waals surface area contributed by atoms with E-state index in [4.69, 9.17) is 5.11 Å². The highest BCUT2D eigenvalue weighted by molar-refractivity contribution is 5.94. The summed E-state index contributed by atoms with van der Waals surface area (Å²) in [5.41, 5.74) is 2.70. The predicted octanol–water partition coefficient (Wildman–Crippen LogP) is 4.64. The van der Waals surface area contributed by atoms with Gasteiger partial charge in [0.2, 0.25) is 0 Å². The number of carboxylic acid groups (broad SMARTS) is 1. The quantitative estimate of drug-likeness (QED) is 0.440. The average molecular weight is 435 g/mol. The molecule has 0 aliphatic heterocycles. The molecule has 0 aliphatic rings. The summed E-state index contributed by atoms with van der Waals surface area (Å²) in [4.78, 5) is 14.5. The summed E-state index contributed by atoms with van der Waals surface area (Å²) in [5, 5.41) is 30.0. The molecule has 1 aromatic heterocycles. The lowest BCUT2D eigenvalue weighted by molar-refractivity contribution is -0.136. The SMILES string of the molecule is CCN(CC)CC.O=C(O)CCc1ccc(O)c(-n2nc3cc4ccccc4cc3n2)c1. The summed E-state index contributed by atoms with van der Waals surface area (Å²) in [6.07, 6.45) is 0.414. The number of rotatable bonds is 7. The van der Waals surface area contributed by atoms with Gasteiger partial charge in [-0.15, -0.1) is 15.0 Å². The topological polar surface area (TPSA) is 91.5 Å². The van der Waals surface area contributed by atoms with Crippen LogP contribution in [-0.4, -0.2) is 55.7 Å². The van der Waals surface area contributed by atoms with Gasteiger partial charge < -0.3 is 15.1 Å². The van der Waals surface area contributed by atoms with Gasteiger partial charge in [-0.05, 0) is 66.7 Å². The Balaban J connectivity index is 0.000000360. The largest absolute Gasteiger partial charge is 0.506 e. The second-order valence-corrected chi connectivity index (χ2v) is 7.51. The van der Waals surface area contributed by atoms with Crippen LogP contribution in [-0.2, 0) is 11.2 Å². The van der Waals surface area contributed by atoms with Crippen LogP contribution in [0.1, 0.15) is 32.8 Å².